The van der Waals surface area contributed by atoms with Crippen molar-refractivity contribution in [2.75, 3.05) is 27.2 Å². The van der Waals surface area contributed by atoms with Gasteiger partial charge in [-0.2, -0.15) is 0 Å². The van der Waals surface area contributed by atoms with E-state index >= 15 is 0 Å². The Balaban J connectivity index is 1.93. The molecule has 1 saturated carbocycles. The Morgan fingerprint density at radius 1 is 1.40 bits per heavy atom. The molecule has 1 heterocycles. The van der Waals surface area contributed by atoms with Crippen LogP contribution in [0, 0.1) is 11.3 Å². The smallest absolute Gasteiger partial charge is 0.0931 e. The van der Waals surface area contributed by atoms with Crippen LogP contribution in [0.5, 0.6) is 0 Å². The van der Waals surface area contributed by atoms with Crippen LogP contribution < -0.4 is 5.32 Å². The van der Waals surface area contributed by atoms with Gasteiger partial charge in [0.05, 0.1) is 4.34 Å². The lowest BCUT2D eigenvalue weighted by Gasteiger charge is -2.42. The second kappa shape index (κ2) is 7.26. The van der Waals surface area contributed by atoms with E-state index in [4.69, 9.17) is 11.6 Å². The normalized spacial score (nSPS) is 27.1. The number of hydrogen-bond acceptors (Lipinski definition) is 3. The highest BCUT2D eigenvalue weighted by Crippen LogP contribution is 2.39. The predicted molar refractivity (Wildman–Crippen MR) is 89.7 cm³/mol. The fourth-order valence-corrected chi connectivity index (χ4v) is 4.64. The van der Waals surface area contributed by atoms with Crippen molar-refractivity contribution in [2.45, 2.75) is 39.2 Å². The molecule has 1 fully saturated rings. The molecule has 114 valence electrons. The number of rotatable bonds is 6. The molecule has 0 aliphatic heterocycles. The summed E-state index contributed by atoms with van der Waals surface area (Å²) in [4.78, 5) is 3.83. The van der Waals surface area contributed by atoms with E-state index in [9.17, 15) is 0 Å². The van der Waals surface area contributed by atoms with Gasteiger partial charge < -0.3 is 10.2 Å². The predicted octanol–water partition coefficient (Wildman–Crippen LogP) is 4.25. The Kier molecular flexibility index (Phi) is 5.91. The van der Waals surface area contributed by atoms with Crippen molar-refractivity contribution in [2.24, 2.45) is 11.3 Å². The minimum atomic E-state index is 0.455. The standard InChI is InChI=1S/C16H27ClN2S/c1-13-6-8-16(9-7-13,11-18-2)12-19(3)10-14-4-5-15(17)20-14/h4-5,13,18H,6-12H2,1-3H3. The van der Waals surface area contributed by atoms with Crippen LogP contribution in [0.1, 0.15) is 37.5 Å². The van der Waals surface area contributed by atoms with Gasteiger partial charge in [0.2, 0.25) is 0 Å². The second-order valence-electron chi connectivity index (χ2n) is 6.59. The van der Waals surface area contributed by atoms with Crippen LogP contribution in [0.3, 0.4) is 0 Å². The third-order valence-corrected chi connectivity index (χ3v) is 5.76. The molecule has 1 aliphatic carbocycles. The maximum Gasteiger partial charge on any atom is 0.0931 e. The molecule has 1 aliphatic rings. The van der Waals surface area contributed by atoms with Crippen LogP contribution in [-0.2, 0) is 6.54 Å². The van der Waals surface area contributed by atoms with Gasteiger partial charge in [-0.15, -0.1) is 11.3 Å². The maximum atomic E-state index is 6.02. The minimum Gasteiger partial charge on any atom is -0.319 e. The summed E-state index contributed by atoms with van der Waals surface area (Å²) in [6, 6.07) is 4.15. The molecule has 0 spiro atoms. The minimum absolute atomic E-state index is 0.455. The van der Waals surface area contributed by atoms with Gasteiger partial charge in [0.15, 0.2) is 0 Å². The van der Waals surface area contributed by atoms with Crippen LogP contribution in [0.15, 0.2) is 12.1 Å². The lowest BCUT2D eigenvalue weighted by molar-refractivity contribution is 0.0984. The molecule has 0 unspecified atom stereocenters. The van der Waals surface area contributed by atoms with Crippen molar-refractivity contribution >= 4 is 22.9 Å². The molecular weight excluding hydrogens is 288 g/mol. The number of thiophene rings is 1. The third kappa shape index (κ3) is 4.45. The molecular formula is C16H27ClN2S. The van der Waals surface area contributed by atoms with Crippen molar-refractivity contribution in [3.63, 3.8) is 0 Å². The SMILES string of the molecule is CNCC1(CN(C)Cc2ccc(Cl)s2)CCC(C)CC1. The molecule has 1 aromatic heterocycles. The summed E-state index contributed by atoms with van der Waals surface area (Å²) >= 11 is 7.72. The lowest BCUT2D eigenvalue weighted by atomic mass is 9.70. The molecule has 4 heteroatoms. The van der Waals surface area contributed by atoms with E-state index in [1.165, 1.54) is 37.1 Å². The highest BCUT2D eigenvalue weighted by molar-refractivity contribution is 7.16. The second-order valence-corrected chi connectivity index (χ2v) is 8.39. The Morgan fingerprint density at radius 2 is 2.10 bits per heavy atom. The number of halogens is 1. The van der Waals surface area contributed by atoms with Gasteiger partial charge in [-0.1, -0.05) is 31.4 Å². The average Bonchev–Trinajstić information content (AvgIpc) is 2.79. The maximum absolute atomic E-state index is 6.02. The molecule has 2 rings (SSSR count). The van der Waals surface area contributed by atoms with E-state index in [0.717, 1.165) is 23.3 Å². The van der Waals surface area contributed by atoms with E-state index in [-0.39, 0.29) is 0 Å². The fourth-order valence-electron chi connectivity index (χ4n) is 3.47. The van der Waals surface area contributed by atoms with Crippen LogP contribution in [-0.4, -0.2) is 32.1 Å². The quantitative estimate of drug-likeness (QED) is 0.844. The molecule has 2 nitrogen and oxygen atoms in total. The molecule has 0 radical (unpaired) electrons. The van der Waals surface area contributed by atoms with Crippen LogP contribution in [0.4, 0.5) is 0 Å². The summed E-state index contributed by atoms with van der Waals surface area (Å²) in [7, 11) is 4.32. The van der Waals surface area contributed by atoms with Crippen LogP contribution in [0.2, 0.25) is 4.34 Å². The van der Waals surface area contributed by atoms with E-state index < -0.39 is 0 Å². The monoisotopic (exact) mass is 314 g/mol. The van der Waals surface area contributed by atoms with Gasteiger partial charge in [0.25, 0.3) is 0 Å². The highest BCUT2D eigenvalue weighted by Gasteiger charge is 2.34. The molecule has 0 atom stereocenters. The summed E-state index contributed by atoms with van der Waals surface area (Å²) in [5, 5.41) is 3.42. The summed E-state index contributed by atoms with van der Waals surface area (Å²) in [5.74, 6) is 0.904. The molecule has 1 aromatic rings. The molecule has 20 heavy (non-hydrogen) atoms. The molecule has 1 N–H and O–H groups in total. The summed E-state index contributed by atoms with van der Waals surface area (Å²) in [6.07, 6.45) is 5.45. The first kappa shape index (κ1) is 16.3. The summed E-state index contributed by atoms with van der Waals surface area (Å²) in [5.41, 5.74) is 0.455. The zero-order valence-electron chi connectivity index (χ0n) is 12.9. The Morgan fingerprint density at radius 3 is 2.65 bits per heavy atom. The lowest BCUT2D eigenvalue weighted by Crippen LogP contribution is -2.44. The first-order chi connectivity index (χ1) is 9.53. The van der Waals surface area contributed by atoms with Crippen molar-refractivity contribution in [3.05, 3.63) is 21.3 Å². The average molecular weight is 315 g/mol. The topological polar surface area (TPSA) is 15.3 Å². The van der Waals surface area contributed by atoms with Gasteiger partial charge in [-0.05, 0) is 50.4 Å². The number of nitrogens with zero attached hydrogens (tertiary/aromatic N) is 1. The van der Waals surface area contributed by atoms with Crippen LogP contribution in [0.25, 0.3) is 0 Å². The van der Waals surface area contributed by atoms with Gasteiger partial charge in [0, 0.05) is 24.5 Å². The van der Waals surface area contributed by atoms with Gasteiger partial charge in [-0.25, -0.2) is 0 Å². The van der Waals surface area contributed by atoms with E-state index in [2.05, 4.69) is 37.3 Å². The fraction of sp³-hybridized carbons (Fsp3) is 0.750. The largest absolute Gasteiger partial charge is 0.319 e. The molecule has 0 bridgehead atoms. The Bertz CT molecular complexity index is 410. The number of hydrogen-bond donors (Lipinski definition) is 1. The van der Waals surface area contributed by atoms with E-state index in [1.54, 1.807) is 11.3 Å². The molecule has 0 amide bonds. The van der Waals surface area contributed by atoms with Crippen molar-refractivity contribution in [1.82, 2.24) is 10.2 Å². The van der Waals surface area contributed by atoms with Gasteiger partial charge >= 0.3 is 0 Å². The Hall–Kier alpha value is -0.0900. The van der Waals surface area contributed by atoms with Crippen molar-refractivity contribution < 1.29 is 0 Å². The van der Waals surface area contributed by atoms with Crippen LogP contribution >= 0.6 is 22.9 Å². The summed E-state index contributed by atoms with van der Waals surface area (Å²) in [6.45, 7) is 5.71. The Labute approximate surface area is 132 Å². The van der Waals surface area contributed by atoms with Crippen molar-refractivity contribution in [3.8, 4) is 0 Å². The van der Waals surface area contributed by atoms with Gasteiger partial charge in [0.1, 0.15) is 0 Å². The van der Waals surface area contributed by atoms with Crippen molar-refractivity contribution in [1.29, 1.82) is 0 Å². The zero-order chi connectivity index (χ0) is 14.6. The number of nitrogens with one attached hydrogen (secondary N) is 1. The van der Waals surface area contributed by atoms with E-state index in [0.29, 0.717) is 5.41 Å². The summed E-state index contributed by atoms with van der Waals surface area (Å²) < 4.78 is 0.893. The first-order valence-corrected chi connectivity index (χ1v) is 8.80. The highest BCUT2D eigenvalue weighted by atomic mass is 35.5. The zero-order valence-corrected chi connectivity index (χ0v) is 14.5. The van der Waals surface area contributed by atoms with Gasteiger partial charge in [-0.3, -0.25) is 0 Å². The molecule has 0 aromatic carbocycles. The first-order valence-electron chi connectivity index (χ1n) is 7.60. The molecule has 0 saturated heterocycles. The third-order valence-electron chi connectivity index (χ3n) is 4.55. The van der Waals surface area contributed by atoms with E-state index in [1.807, 2.05) is 6.07 Å².